The largest absolute Gasteiger partial charge is 0.345 e. The average molecular weight is 412 g/mol. The smallest absolute Gasteiger partial charge is 0.262 e. The number of nitrogens with zero attached hydrogens (tertiary/aromatic N) is 1. The third-order valence-corrected chi connectivity index (χ3v) is 5.61. The lowest BCUT2D eigenvalue weighted by molar-refractivity contribution is 0.0947. The van der Waals surface area contributed by atoms with E-state index in [1.54, 1.807) is 6.33 Å². The van der Waals surface area contributed by atoms with Crippen LogP contribution in [0.4, 0.5) is 0 Å². The van der Waals surface area contributed by atoms with Gasteiger partial charge in [0.15, 0.2) is 0 Å². The van der Waals surface area contributed by atoms with Crippen LogP contribution in [0.5, 0.6) is 0 Å². The maximum Gasteiger partial charge on any atom is 0.262 e. The Bertz CT molecular complexity index is 1030. The van der Waals surface area contributed by atoms with Crippen LogP contribution in [0.1, 0.15) is 26.8 Å². The third kappa shape index (κ3) is 3.36. The van der Waals surface area contributed by atoms with Crippen LogP contribution >= 0.6 is 27.3 Å². The van der Waals surface area contributed by atoms with Crippen LogP contribution in [-0.4, -0.2) is 15.9 Å². The van der Waals surface area contributed by atoms with E-state index >= 15 is 0 Å². The minimum Gasteiger partial charge on any atom is -0.345 e. The molecule has 25 heavy (non-hydrogen) atoms. The fraction of sp³-hybridized carbons (Fsp3) is 0.0526. The Kier molecular flexibility index (Phi) is 4.38. The van der Waals surface area contributed by atoms with Crippen molar-refractivity contribution < 1.29 is 4.79 Å². The maximum absolute atomic E-state index is 12.7. The summed E-state index contributed by atoms with van der Waals surface area (Å²) in [7, 11) is 0. The highest BCUT2D eigenvalue weighted by molar-refractivity contribution is 9.11. The summed E-state index contributed by atoms with van der Waals surface area (Å²) in [5.41, 5.74) is 3.90. The van der Waals surface area contributed by atoms with E-state index in [0.717, 1.165) is 25.9 Å². The standard InChI is InChI=1S/C19H14BrN3OS/c20-17-9-8-16(25-17)19(24)23-18(12-4-2-1-3-5-12)13-6-7-14-15(10-13)22-11-21-14/h1-11,18H,(H,21,22)(H,23,24). The van der Waals surface area contributed by atoms with Crippen LogP contribution in [0.25, 0.3) is 11.0 Å². The molecule has 4 nitrogen and oxygen atoms in total. The van der Waals surface area contributed by atoms with Crippen LogP contribution < -0.4 is 5.32 Å². The minimum atomic E-state index is -0.234. The van der Waals surface area contributed by atoms with Gasteiger partial charge in [-0.3, -0.25) is 4.79 Å². The topological polar surface area (TPSA) is 57.8 Å². The first-order chi connectivity index (χ1) is 12.2. The number of rotatable bonds is 4. The molecule has 1 amide bonds. The van der Waals surface area contributed by atoms with Crippen LogP contribution in [0, 0.1) is 0 Å². The zero-order chi connectivity index (χ0) is 17.2. The Balaban J connectivity index is 1.72. The van der Waals surface area contributed by atoms with E-state index < -0.39 is 0 Å². The van der Waals surface area contributed by atoms with Crippen LogP contribution in [-0.2, 0) is 0 Å². The Morgan fingerprint density at radius 3 is 2.68 bits per heavy atom. The summed E-state index contributed by atoms with van der Waals surface area (Å²) in [6, 6.07) is 19.4. The maximum atomic E-state index is 12.7. The number of amides is 1. The molecule has 0 aliphatic carbocycles. The number of aromatic nitrogens is 2. The lowest BCUT2D eigenvalue weighted by Gasteiger charge is -2.19. The fourth-order valence-corrected chi connectivity index (χ4v) is 4.07. The fourth-order valence-electron chi connectivity index (χ4n) is 2.78. The van der Waals surface area contributed by atoms with Crippen molar-refractivity contribution in [1.29, 1.82) is 0 Å². The quantitative estimate of drug-likeness (QED) is 0.501. The van der Waals surface area contributed by atoms with E-state index in [-0.39, 0.29) is 11.9 Å². The number of carbonyl (C=O) groups excluding carboxylic acids is 1. The van der Waals surface area contributed by atoms with Crippen molar-refractivity contribution in [3.05, 3.63) is 86.8 Å². The molecule has 4 aromatic rings. The van der Waals surface area contributed by atoms with Crippen molar-refractivity contribution in [3.63, 3.8) is 0 Å². The molecule has 1 atom stereocenters. The zero-order valence-electron chi connectivity index (χ0n) is 13.1. The van der Waals surface area contributed by atoms with Crippen molar-refractivity contribution in [2.45, 2.75) is 6.04 Å². The second-order valence-corrected chi connectivity index (χ2v) is 8.06. The molecule has 0 fully saturated rings. The molecular formula is C19H14BrN3OS. The predicted octanol–water partition coefficient (Wildman–Crippen LogP) is 4.91. The first-order valence-corrected chi connectivity index (χ1v) is 9.36. The van der Waals surface area contributed by atoms with Gasteiger partial charge in [-0.2, -0.15) is 0 Å². The molecule has 4 rings (SSSR count). The normalized spacial score (nSPS) is 12.2. The van der Waals surface area contributed by atoms with Gasteiger partial charge in [-0.25, -0.2) is 4.98 Å². The number of fused-ring (bicyclic) bond motifs is 1. The molecular weight excluding hydrogens is 398 g/mol. The molecule has 2 heterocycles. The van der Waals surface area contributed by atoms with Gasteiger partial charge < -0.3 is 10.3 Å². The summed E-state index contributed by atoms with van der Waals surface area (Å²) < 4.78 is 0.938. The summed E-state index contributed by atoms with van der Waals surface area (Å²) in [5, 5.41) is 3.15. The van der Waals surface area contributed by atoms with Gasteiger partial charge in [0.2, 0.25) is 0 Å². The SMILES string of the molecule is O=C(NC(c1ccccc1)c1ccc2nc[nH]c2c1)c1ccc(Br)s1. The van der Waals surface area contributed by atoms with Gasteiger partial charge in [-0.15, -0.1) is 11.3 Å². The third-order valence-electron chi connectivity index (χ3n) is 3.98. The van der Waals surface area contributed by atoms with Gasteiger partial charge >= 0.3 is 0 Å². The molecule has 2 N–H and O–H groups in total. The number of imidazole rings is 1. The van der Waals surface area contributed by atoms with Crippen molar-refractivity contribution in [3.8, 4) is 0 Å². The number of H-pyrrole nitrogens is 1. The minimum absolute atomic E-state index is 0.0886. The number of halogens is 1. The van der Waals surface area contributed by atoms with Crippen molar-refractivity contribution >= 4 is 44.2 Å². The number of hydrogen-bond donors (Lipinski definition) is 2. The molecule has 0 saturated heterocycles. The molecule has 2 aromatic carbocycles. The molecule has 0 bridgehead atoms. The number of thiophene rings is 1. The Labute approximate surface area is 157 Å². The second-order valence-electron chi connectivity index (χ2n) is 5.60. The molecule has 0 saturated carbocycles. The molecule has 0 spiro atoms. The molecule has 0 aliphatic heterocycles. The molecule has 2 aromatic heterocycles. The summed E-state index contributed by atoms with van der Waals surface area (Å²) in [4.78, 5) is 20.7. The van der Waals surface area contributed by atoms with Gasteiger partial charge in [-0.05, 0) is 51.3 Å². The lowest BCUT2D eigenvalue weighted by atomic mass is 9.98. The van der Waals surface area contributed by atoms with Gasteiger partial charge in [-0.1, -0.05) is 36.4 Å². The molecule has 6 heteroatoms. The van der Waals surface area contributed by atoms with E-state index in [2.05, 4.69) is 31.2 Å². The van der Waals surface area contributed by atoms with E-state index in [4.69, 9.17) is 0 Å². The molecule has 1 unspecified atom stereocenters. The van der Waals surface area contributed by atoms with Gasteiger partial charge in [0.1, 0.15) is 0 Å². The highest BCUT2D eigenvalue weighted by Crippen LogP contribution is 2.27. The van der Waals surface area contributed by atoms with Crippen molar-refractivity contribution in [2.75, 3.05) is 0 Å². The van der Waals surface area contributed by atoms with Crippen LogP contribution in [0.3, 0.4) is 0 Å². The Morgan fingerprint density at radius 2 is 1.92 bits per heavy atom. The highest BCUT2D eigenvalue weighted by Gasteiger charge is 2.19. The summed E-state index contributed by atoms with van der Waals surface area (Å²) in [6.45, 7) is 0. The Hall–Kier alpha value is -2.44. The van der Waals surface area contributed by atoms with Crippen molar-refractivity contribution in [1.82, 2.24) is 15.3 Å². The number of hydrogen-bond acceptors (Lipinski definition) is 3. The monoisotopic (exact) mass is 411 g/mol. The summed E-state index contributed by atoms with van der Waals surface area (Å²) in [5.74, 6) is -0.0886. The molecule has 0 radical (unpaired) electrons. The first kappa shape index (κ1) is 16.1. The highest BCUT2D eigenvalue weighted by atomic mass is 79.9. The number of benzene rings is 2. The molecule has 124 valence electrons. The Morgan fingerprint density at radius 1 is 1.08 bits per heavy atom. The second kappa shape index (κ2) is 6.82. The zero-order valence-corrected chi connectivity index (χ0v) is 15.5. The van der Waals surface area contributed by atoms with E-state index in [0.29, 0.717) is 4.88 Å². The van der Waals surface area contributed by atoms with E-state index in [1.165, 1.54) is 11.3 Å². The number of nitrogens with one attached hydrogen (secondary N) is 2. The summed E-state index contributed by atoms with van der Waals surface area (Å²) >= 11 is 4.83. The number of aromatic amines is 1. The van der Waals surface area contributed by atoms with E-state index in [9.17, 15) is 4.79 Å². The first-order valence-electron chi connectivity index (χ1n) is 7.75. The van der Waals surface area contributed by atoms with Crippen LogP contribution in [0.2, 0.25) is 0 Å². The van der Waals surface area contributed by atoms with Gasteiger partial charge in [0, 0.05) is 0 Å². The lowest BCUT2D eigenvalue weighted by Crippen LogP contribution is -2.28. The van der Waals surface area contributed by atoms with E-state index in [1.807, 2.05) is 60.7 Å². The van der Waals surface area contributed by atoms with Crippen LogP contribution in [0.15, 0.2) is 70.8 Å². The predicted molar refractivity (Wildman–Crippen MR) is 104 cm³/mol. The average Bonchev–Trinajstić information content (AvgIpc) is 3.28. The van der Waals surface area contributed by atoms with Gasteiger partial charge in [0.05, 0.1) is 32.1 Å². The number of carbonyl (C=O) groups is 1. The van der Waals surface area contributed by atoms with Crippen molar-refractivity contribution in [2.24, 2.45) is 0 Å². The molecule has 0 aliphatic rings. The summed E-state index contributed by atoms with van der Waals surface area (Å²) in [6.07, 6.45) is 1.67. The van der Waals surface area contributed by atoms with Gasteiger partial charge in [0.25, 0.3) is 5.91 Å².